The summed E-state index contributed by atoms with van der Waals surface area (Å²) in [4.78, 5) is 15.3. The molecule has 1 aromatic carbocycles. The summed E-state index contributed by atoms with van der Waals surface area (Å²) in [5.41, 5.74) is 4.98. The van der Waals surface area contributed by atoms with E-state index in [4.69, 9.17) is 5.11 Å². The molecular formula is C26H33NO2. The van der Waals surface area contributed by atoms with Crippen molar-refractivity contribution in [3.8, 4) is 11.3 Å². The van der Waals surface area contributed by atoms with Gasteiger partial charge < -0.3 is 5.11 Å². The molecule has 1 aromatic heterocycles. The van der Waals surface area contributed by atoms with E-state index in [-0.39, 0.29) is 0 Å². The topological polar surface area (TPSA) is 50.2 Å². The lowest BCUT2D eigenvalue weighted by atomic mass is 9.77. The largest absolute Gasteiger partial charge is 0.478 e. The first-order valence-electron chi connectivity index (χ1n) is 11.1. The lowest BCUT2D eigenvalue weighted by Crippen LogP contribution is -2.12. The van der Waals surface area contributed by atoms with Crippen molar-refractivity contribution in [2.75, 3.05) is 0 Å². The molecule has 2 aromatic rings. The lowest BCUT2D eigenvalue weighted by molar-refractivity contribution is -0.131. The second-order valence-electron chi connectivity index (χ2n) is 8.32. The summed E-state index contributed by atoms with van der Waals surface area (Å²) in [7, 11) is 0. The van der Waals surface area contributed by atoms with Gasteiger partial charge in [-0.15, -0.1) is 0 Å². The van der Waals surface area contributed by atoms with E-state index in [1.807, 2.05) is 12.3 Å². The molecule has 0 saturated heterocycles. The highest BCUT2D eigenvalue weighted by atomic mass is 16.4. The Labute approximate surface area is 174 Å². The van der Waals surface area contributed by atoms with Gasteiger partial charge in [-0.2, -0.15) is 0 Å². The molecule has 1 aliphatic rings. The van der Waals surface area contributed by atoms with Crippen molar-refractivity contribution in [1.82, 2.24) is 4.98 Å². The van der Waals surface area contributed by atoms with Crippen LogP contribution in [0.1, 0.15) is 75.3 Å². The van der Waals surface area contributed by atoms with Gasteiger partial charge in [0.2, 0.25) is 0 Å². The van der Waals surface area contributed by atoms with E-state index >= 15 is 0 Å². The number of hydrogen-bond acceptors (Lipinski definition) is 2. The van der Waals surface area contributed by atoms with Gasteiger partial charge in [0.25, 0.3) is 0 Å². The normalized spacial score (nSPS) is 19.5. The predicted octanol–water partition coefficient (Wildman–Crippen LogP) is 6.79. The van der Waals surface area contributed by atoms with Crippen molar-refractivity contribution in [1.29, 1.82) is 0 Å². The Balaban J connectivity index is 1.52. The van der Waals surface area contributed by atoms with Gasteiger partial charge in [-0.25, -0.2) is 4.79 Å². The van der Waals surface area contributed by atoms with E-state index in [0.717, 1.165) is 18.5 Å². The molecule has 0 atom stereocenters. The summed E-state index contributed by atoms with van der Waals surface area (Å²) < 4.78 is 0. The Kier molecular flexibility index (Phi) is 8.03. The van der Waals surface area contributed by atoms with E-state index in [1.165, 1.54) is 67.7 Å². The minimum atomic E-state index is -0.848. The summed E-state index contributed by atoms with van der Waals surface area (Å²) in [6, 6.07) is 13.3. The number of nitrogens with zero attached hydrogens (tertiary/aromatic N) is 1. The third kappa shape index (κ3) is 6.56. The van der Waals surface area contributed by atoms with Crippen molar-refractivity contribution in [3.63, 3.8) is 0 Å². The molecule has 1 N–H and O–H groups in total. The molecule has 0 amide bonds. The first-order valence-corrected chi connectivity index (χ1v) is 11.1. The van der Waals surface area contributed by atoms with Gasteiger partial charge in [-0.05, 0) is 74.0 Å². The van der Waals surface area contributed by atoms with Crippen LogP contribution in [-0.2, 0) is 11.2 Å². The number of carbonyl (C=O) groups is 1. The summed E-state index contributed by atoms with van der Waals surface area (Å²) in [6.45, 7) is 2.23. The number of allylic oxidation sites excluding steroid dienone is 1. The van der Waals surface area contributed by atoms with Crippen molar-refractivity contribution in [2.24, 2.45) is 5.92 Å². The summed E-state index contributed by atoms with van der Waals surface area (Å²) in [5, 5.41) is 8.70. The minimum absolute atomic E-state index is 0.623. The van der Waals surface area contributed by atoms with Crippen LogP contribution >= 0.6 is 0 Å². The molecule has 0 spiro atoms. The lowest BCUT2D eigenvalue weighted by Gasteiger charge is -2.28. The number of hydrogen-bond donors (Lipinski definition) is 1. The molecule has 1 heterocycles. The van der Waals surface area contributed by atoms with Gasteiger partial charge in [0, 0.05) is 17.8 Å². The van der Waals surface area contributed by atoms with Crippen LogP contribution in [0.4, 0.5) is 0 Å². The van der Waals surface area contributed by atoms with Crippen LogP contribution in [0.5, 0.6) is 0 Å². The number of carboxylic acids is 1. The summed E-state index contributed by atoms with van der Waals surface area (Å²) in [6.07, 6.45) is 15.6. The number of benzene rings is 1. The number of rotatable bonds is 9. The summed E-state index contributed by atoms with van der Waals surface area (Å²) >= 11 is 0. The number of aliphatic carboxylic acids is 1. The first-order chi connectivity index (χ1) is 14.2. The second-order valence-corrected chi connectivity index (χ2v) is 8.32. The van der Waals surface area contributed by atoms with E-state index in [1.54, 1.807) is 0 Å². The molecule has 1 fully saturated rings. The molecule has 1 aliphatic carbocycles. The van der Waals surface area contributed by atoms with Gasteiger partial charge in [-0.1, -0.05) is 56.2 Å². The average molecular weight is 392 g/mol. The van der Waals surface area contributed by atoms with Gasteiger partial charge in [0.15, 0.2) is 0 Å². The number of aryl methyl sites for hydroxylation is 1. The monoisotopic (exact) mass is 391 g/mol. The summed E-state index contributed by atoms with van der Waals surface area (Å²) in [5.74, 6) is 0.401. The molecule has 1 saturated carbocycles. The fourth-order valence-corrected chi connectivity index (χ4v) is 4.34. The molecular weight excluding hydrogens is 358 g/mol. The van der Waals surface area contributed by atoms with E-state index in [0.29, 0.717) is 11.8 Å². The smallest absolute Gasteiger partial charge is 0.327 e. The predicted molar refractivity (Wildman–Crippen MR) is 119 cm³/mol. The van der Waals surface area contributed by atoms with Crippen molar-refractivity contribution in [3.05, 3.63) is 65.9 Å². The van der Waals surface area contributed by atoms with E-state index in [2.05, 4.69) is 48.3 Å². The fraction of sp³-hybridized carbons (Fsp3) is 0.462. The van der Waals surface area contributed by atoms with Crippen LogP contribution in [0.3, 0.4) is 0 Å². The number of carboxylic acid groups (broad SMARTS) is 1. The van der Waals surface area contributed by atoms with Crippen LogP contribution in [0.15, 0.2) is 54.7 Å². The van der Waals surface area contributed by atoms with Crippen LogP contribution in [0, 0.1) is 5.92 Å². The number of pyridine rings is 1. The van der Waals surface area contributed by atoms with Crippen molar-refractivity contribution < 1.29 is 9.90 Å². The molecule has 0 aliphatic heterocycles. The molecule has 3 rings (SSSR count). The highest BCUT2D eigenvalue weighted by Crippen LogP contribution is 2.37. The quantitative estimate of drug-likeness (QED) is 0.378. The van der Waals surface area contributed by atoms with Crippen LogP contribution in [0.25, 0.3) is 11.3 Å². The van der Waals surface area contributed by atoms with Crippen LogP contribution < -0.4 is 0 Å². The molecule has 3 nitrogen and oxygen atoms in total. The Morgan fingerprint density at radius 3 is 2.45 bits per heavy atom. The fourth-order valence-electron chi connectivity index (χ4n) is 4.34. The number of aromatic nitrogens is 1. The third-order valence-electron chi connectivity index (χ3n) is 6.15. The Morgan fingerprint density at radius 1 is 1.07 bits per heavy atom. The Hall–Kier alpha value is -2.42. The SMILES string of the molecule is CCCCCc1ccc(-c2ccc([C@H]3CC[C@H](C/C=C/C(=O)O)CC3)cc2)nc1. The zero-order valence-corrected chi connectivity index (χ0v) is 17.5. The van der Waals surface area contributed by atoms with Gasteiger partial charge in [0.1, 0.15) is 0 Å². The van der Waals surface area contributed by atoms with Gasteiger partial charge in [-0.3, -0.25) is 4.98 Å². The Morgan fingerprint density at radius 2 is 1.83 bits per heavy atom. The molecule has 0 unspecified atom stereocenters. The standard InChI is InChI=1S/C26H33NO2/c1-2-3-4-6-21-11-18-25(27-19-21)24-16-14-23(15-17-24)22-12-9-20(10-13-22)7-5-8-26(28)29/h5,8,11,14-20,22H,2-4,6-7,9-10,12-13H2,1H3,(H,28,29)/b8-5+/t20-,22-. The molecule has 0 radical (unpaired) electrons. The molecule has 0 bridgehead atoms. The minimum Gasteiger partial charge on any atom is -0.478 e. The van der Waals surface area contributed by atoms with Gasteiger partial charge in [0.05, 0.1) is 5.69 Å². The maximum Gasteiger partial charge on any atom is 0.327 e. The van der Waals surface area contributed by atoms with Crippen LogP contribution in [0.2, 0.25) is 0 Å². The van der Waals surface area contributed by atoms with Gasteiger partial charge >= 0.3 is 5.97 Å². The average Bonchev–Trinajstić information content (AvgIpc) is 2.75. The zero-order chi connectivity index (χ0) is 20.5. The van der Waals surface area contributed by atoms with E-state index in [9.17, 15) is 4.79 Å². The number of unbranched alkanes of at least 4 members (excludes halogenated alkanes) is 2. The molecule has 3 heteroatoms. The van der Waals surface area contributed by atoms with Crippen molar-refractivity contribution in [2.45, 2.75) is 70.6 Å². The van der Waals surface area contributed by atoms with Crippen molar-refractivity contribution >= 4 is 5.97 Å². The zero-order valence-electron chi connectivity index (χ0n) is 17.5. The molecule has 29 heavy (non-hydrogen) atoms. The first kappa shape index (κ1) is 21.3. The van der Waals surface area contributed by atoms with Crippen LogP contribution in [-0.4, -0.2) is 16.1 Å². The molecule has 154 valence electrons. The maximum atomic E-state index is 10.6. The Bertz CT molecular complexity index is 784. The van der Waals surface area contributed by atoms with E-state index < -0.39 is 5.97 Å². The highest BCUT2D eigenvalue weighted by Gasteiger charge is 2.21. The third-order valence-corrected chi connectivity index (χ3v) is 6.15. The second kappa shape index (κ2) is 10.9. The highest BCUT2D eigenvalue weighted by molar-refractivity contribution is 5.79. The maximum absolute atomic E-state index is 10.6.